The van der Waals surface area contributed by atoms with Gasteiger partial charge in [0.2, 0.25) is 6.79 Å². The molecule has 3 rings (SSSR count). The van der Waals surface area contributed by atoms with Crippen molar-refractivity contribution >= 4 is 0 Å². The Morgan fingerprint density at radius 3 is 2.80 bits per heavy atom. The molecule has 1 heterocycles. The minimum Gasteiger partial charge on any atom is -0.454 e. The van der Waals surface area contributed by atoms with Crippen LogP contribution in [-0.2, 0) is 0 Å². The normalized spacial score (nSPS) is 29.6. The van der Waals surface area contributed by atoms with Crippen LogP contribution in [0.25, 0.3) is 0 Å². The molecule has 1 aromatic carbocycles. The summed E-state index contributed by atoms with van der Waals surface area (Å²) in [6.45, 7) is 7.29. The van der Waals surface area contributed by atoms with Crippen LogP contribution in [0.4, 0.5) is 0 Å². The molecule has 0 aromatic heterocycles. The molecule has 110 valence electrons. The zero-order valence-electron chi connectivity index (χ0n) is 12.7. The van der Waals surface area contributed by atoms with Gasteiger partial charge in [-0.3, -0.25) is 0 Å². The van der Waals surface area contributed by atoms with Crippen molar-refractivity contribution in [2.45, 2.75) is 52.1 Å². The van der Waals surface area contributed by atoms with E-state index in [0.29, 0.717) is 18.9 Å². The Balaban J connectivity index is 1.66. The van der Waals surface area contributed by atoms with E-state index in [1.54, 1.807) is 0 Å². The van der Waals surface area contributed by atoms with E-state index in [1.165, 1.54) is 24.8 Å². The Kier molecular flexibility index (Phi) is 3.88. The standard InChI is InChI=1S/C17H25NO2/c1-4-13-5-7-15(11(13)2)18-12(3)14-6-8-16-17(9-14)20-10-19-16/h6,8-9,11-13,15,18H,4-5,7,10H2,1-3H3. The highest BCUT2D eigenvalue weighted by Gasteiger charge is 2.32. The van der Waals surface area contributed by atoms with Crippen LogP contribution in [0.1, 0.15) is 51.6 Å². The van der Waals surface area contributed by atoms with Crippen molar-refractivity contribution in [1.29, 1.82) is 0 Å². The minimum absolute atomic E-state index is 0.346. The summed E-state index contributed by atoms with van der Waals surface area (Å²) >= 11 is 0. The third-order valence-corrected chi connectivity index (χ3v) is 5.11. The molecule has 1 N–H and O–H groups in total. The molecular weight excluding hydrogens is 250 g/mol. The number of benzene rings is 1. The largest absolute Gasteiger partial charge is 0.454 e. The van der Waals surface area contributed by atoms with Crippen LogP contribution in [-0.4, -0.2) is 12.8 Å². The lowest BCUT2D eigenvalue weighted by Gasteiger charge is -2.25. The maximum Gasteiger partial charge on any atom is 0.231 e. The van der Waals surface area contributed by atoms with Crippen molar-refractivity contribution in [2.24, 2.45) is 11.8 Å². The van der Waals surface area contributed by atoms with Crippen LogP contribution in [0.15, 0.2) is 18.2 Å². The van der Waals surface area contributed by atoms with E-state index in [1.807, 2.05) is 6.07 Å². The molecule has 20 heavy (non-hydrogen) atoms. The highest BCUT2D eigenvalue weighted by molar-refractivity contribution is 5.45. The van der Waals surface area contributed by atoms with Crippen molar-refractivity contribution in [2.75, 3.05) is 6.79 Å². The van der Waals surface area contributed by atoms with Gasteiger partial charge < -0.3 is 14.8 Å². The van der Waals surface area contributed by atoms with Gasteiger partial charge in [0.05, 0.1) is 0 Å². The monoisotopic (exact) mass is 275 g/mol. The predicted molar refractivity (Wildman–Crippen MR) is 80.1 cm³/mol. The van der Waals surface area contributed by atoms with Gasteiger partial charge >= 0.3 is 0 Å². The first-order valence-corrected chi connectivity index (χ1v) is 7.84. The Hall–Kier alpha value is -1.22. The van der Waals surface area contributed by atoms with Crippen LogP contribution >= 0.6 is 0 Å². The van der Waals surface area contributed by atoms with Gasteiger partial charge in [0.25, 0.3) is 0 Å². The van der Waals surface area contributed by atoms with E-state index in [4.69, 9.17) is 9.47 Å². The maximum atomic E-state index is 5.46. The zero-order valence-corrected chi connectivity index (χ0v) is 12.7. The topological polar surface area (TPSA) is 30.5 Å². The van der Waals surface area contributed by atoms with Crippen molar-refractivity contribution in [3.05, 3.63) is 23.8 Å². The molecule has 0 saturated heterocycles. The highest BCUT2D eigenvalue weighted by Crippen LogP contribution is 2.37. The average Bonchev–Trinajstić information content (AvgIpc) is 3.05. The average molecular weight is 275 g/mol. The summed E-state index contributed by atoms with van der Waals surface area (Å²) < 4.78 is 10.8. The lowest BCUT2D eigenvalue weighted by molar-refractivity contribution is 0.174. The van der Waals surface area contributed by atoms with E-state index in [9.17, 15) is 0 Å². The number of hydrogen-bond donors (Lipinski definition) is 1. The molecular formula is C17H25NO2. The van der Waals surface area contributed by atoms with Crippen LogP contribution in [0, 0.1) is 11.8 Å². The number of rotatable bonds is 4. The van der Waals surface area contributed by atoms with E-state index < -0.39 is 0 Å². The summed E-state index contributed by atoms with van der Waals surface area (Å²) in [5.41, 5.74) is 1.28. The fourth-order valence-corrected chi connectivity index (χ4v) is 3.66. The molecule has 4 atom stereocenters. The smallest absolute Gasteiger partial charge is 0.231 e. The van der Waals surface area contributed by atoms with E-state index in [-0.39, 0.29) is 0 Å². The third-order valence-electron chi connectivity index (χ3n) is 5.11. The van der Waals surface area contributed by atoms with E-state index in [0.717, 1.165) is 23.3 Å². The molecule has 1 aliphatic carbocycles. The van der Waals surface area contributed by atoms with Gasteiger partial charge in [-0.15, -0.1) is 0 Å². The number of ether oxygens (including phenoxy) is 2. The SMILES string of the molecule is CCC1CCC(NC(C)c2ccc3c(c2)OCO3)C1C. The van der Waals surface area contributed by atoms with Gasteiger partial charge in [-0.1, -0.05) is 26.3 Å². The third kappa shape index (κ3) is 2.51. The van der Waals surface area contributed by atoms with Crippen LogP contribution in [0.3, 0.4) is 0 Å². The molecule has 0 radical (unpaired) electrons. The second kappa shape index (κ2) is 5.65. The molecule has 0 spiro atoms. The molecule has 3 heteroatoms. The van der Waals surface area contributed by atoms with Crippen molar-refractivity contribution in [3.8, 4) is 11.5 Å². The molecule has 0 bridgehead atoms. The molecule has 0 amide bonds. The Morgan fingerprint density at radius 1 is 1.25 bits per heavy atom. The Bertz CT molecular complexity index is 474. The van der Waals surface area contributed by atoms with Gasteiger partial charge in [-0.25, -0.2) is 0 Å². The molecule has 1 fully saturated rings. The Labute approximate surface area is 121 Å². The van der Waals surface area contributed by atoms with Crippen LogP contribution < -0.4 is 14.8 Å². The van der Waals surface area contributed by atoms with Crippen molar-refractivity contribution < 1.29 is 9.47 Å². The Morgan fingerprint density at radius 2 is 2.05 bits per heavy atom. The van der Waals surface area contributed by atoms with E-state index >= 15 is 0 Å². The lowest BCUT2D eigenvalue weighted by Crippen LogP contribution is -2.34. The van der Waals surface area contributed by atoms with Gasteiger partial charge in [-0.2, -0.15) is 0 Å². The summed E-state index contributed by atoms with van der Waals surface area (Å²) in [7, 11) is 0. The number of hydrogen-bond acceptors (Lipinski definition) is 3. The van der Waals surface area contributed by atoms with Crippen LogP contribution in [0.2, 0.25) is 0 Å². The first-order chi connectivity index (χ1) is 9.69. The zero-order chi connectivity index (χ0) is 14.1. The minimum atomic E-state index is 0.346. The van der Waals surface area contributed by atoms with E-state index in [2.05, 4.69) is 38.2 Å². The van der Waals surface area contributed by atoms with Gasteiger partial charge in [-0.05, 0) is 49.3 Å². The fourth-order valence-electron chi connectivity index (χ4n) is 3.66. The quantitative estimate of drug-likeness (QED) is 0.904. The van der Waals surface area contributed by atoms with Crippen molar-refractivity contribution in [3.63, 3.8) is 0 Å². The second-order valence-electron chi connectivity index (χ2n) is 6.21. The first-order valence-electron chi connectivity index (χ1n) is 7.84. The summed E-state index contributed by atoms with van der Waals surface area (Å²) in [6.07, 6.45) is 3.97. The molecule has 4 unspecified atom stereocenters. The summed E-state index contributed by atoms with van der Waals surface area (Å²) in [5.74, 6) is 3.40. The first kappa shape index (κ1) is 13.7. The van der Waals surface area contributed by atoms with Gasteiger partial charge in [0, 0.05) is 12.1 Å². The number of fused-ring (bicyclic) bond motifs is 1. The molecule has 1 saturated carbocycles. The summed E-state index contributed by atoms with van der Waals surface area (Å²) in [5, 5.41) is 3.80. The molecule has 1 aliphatic heterocycles. The lowest BCUT2D eigenvalue weighted by atomic mass is 9.93. The van der Waals surface area contributed by atoms with Crippen LogP contribution in [0.5, 0.6) is 11.5 Å². The van der Waals surface area contributed by atoms with Gasteiger partial charge in [0.1, 0.15) is 0 Å². The summed E-state index contributed by atoms with van der Waals surface area (Å²) in [4.78, 5) is 0. The molecule has 3 nitrogen and oxygen atoms in total. The molecule has 1 aromatic rings. The maximum absolute atomic E-state index is 5.46. The second-order valence-corrected chi connectivity index (χ2v) is 6.21. The number of nitrogens with one attached hydrogen (secondary N) is 1. The van der Waals surface area contributed by atoms with Crippen molar-refractivity contribution in [1.82, 2.24) is 5.32 Å². The molecule has 2 aliphatic rings. The van der Waals surface area contributed by atoms with Gasteiger partial charge in [0.15, 0.2) is 11.5 Å². The predicted octanol–water partition coefficient (Wildman–Crippen LogP) is 3.89. The summed E-state index contributed by atoms with van der Waals surface area (Å²) in [6, 6.07) is 7.26. The fraction of sp³-hybridized carbons (Fsp3) is 0.647. The highest BCUT2D eigenvalue weighted by atomic mass is 16.7.